The molecule has 0 bridgehead atoms. The molecule has 2 N–H and O–H groups in total. The van der Waals surface area contributed by atoms with E-state index in [1.165, 1.54) is 4.88 Å². The topological polar surface area (TPSA) is 32.3 Å². The second kappa shape index (κ2) is 5.99. The van der Waals surface area contributed by atoms with Crippen molar-refractivity contribution in [2.75, 3.05) is 6.61 Å². The highest BCUT2D eigenvalue weighted by molar-refractivity contribution is 9.10. The van der Waals surface area contributed by atoms with E-state index in [2.05, 4.69) is 46.5 Å². The second-order valence-electron chi connectivity index (χ2n) is 3.97. The van der Waals surface area contributed by atoms with Crippen molar-refractivity contribution in [1.29, 1.82) is 0 Å². The van der Waals surface area contributed by atoms with Crippen molar-refractivity contribution >= 4 is 27.3 Å². The smallest absolute Gasteiger partial charge is 0.0448 e. The summed E-state index contributed by atoms with van der Waals surface area (Å²) < 4.78 is 1.14. The first kappa shape index (κ1) is 13.2. The highest BCUT2D eigenvalue weighted by atomic mass is 79.9. The van der Waals surface area contributed by atoms with E-state index in [-0.39, 0.29) is 12.1 Å². The summed E-state index contributed by atoms with van der Waals surface area (Å²) >= 11 is 5.19. The molecule has 2 nitrogen and oxygen atoms in total. The second-order valence-corrected chi connectivity index (χ2v) is 5.88. The molecule has 0 aliphatic rings. The van der Waals surface area contributed by atoms with Gasteiger partial charge in [-0.1, -0.05) is 6.92 Å². The molecule has 0 saturated carbocycles. The first-order valence-corrected chi connectivity index (χ1v) is 6.86. The molecule has 1 rings (SSSR count). The Morgan fingerprint density at radius 1 is 1.60 bits per heavy atom. The maximum atomic E-state index is 8.99. The number of aliphatic hydroxyl groups is 1. The molecule has 0 aliphatic heterocycles. The van der Waals surface area contributed by atoms with E-state index in [0.717, 1.165) is 23.9 Å². The van der Waals surface area contributed by atoms with Crippen molar-refractivity contribution in [3.05, 3.63) is 20.8 Å². The van der Waals surface area contributed by atoms with Crippen molar-refractivity contribution in [1.82, 2.24) is 5.32 Å². The molecular weight excluding hydrogens is 274 g/mol. The monoisotopic (exact) mass is 291 g/mol. The molecule has 0 saturated heterocycles. The van der Waals surface area contributed by atoms with Crippen LogP contribution in [0, 0.1) is 0 Å². The van der Waals surface area contributed by atoms with Gasteiger partial charge >= 0.3 is 0 Å². The lowest BCUT2D eigenvalue weighted by Crippen LogP contribution is -2.41. The van der Waals surface area contributed by atoms with Gasteiger partial charge < -0.3 is 10.4 Å². The first-order valence-electron chi connectivity index (χ1n) is 5.18. The summed E-state index contributed by atoms with van der Waals surface area (Å²) in [4.78, 5) is 1.32. The fourth-order valence-electron chi connectivity index (χ4n) is 1.38. The van der Waals surface area contributed by atoms with Gasteiger partial charge in [0.25, 0.3) is 0 Å². The van der Waals surface area contributed by atoms with Gasteiger partial charge in [0, 0.05) is 33.4 Å². The molecule has 1 aromatic heterocycles. The summed E-state index contributed by atoms with van der Waals surface area (Å²) in [5, 5.41) is 14.6. The number of aliphatic hydroxyl groups excluding tert-OH is 1. The molecule has 1 heterocycles. The summed E-state index contributed by atoms with van der Waals surface area (Å²) in [6, 6.07) is 2.13. The van der Waals surface area contributed by atoms with Crippen LogP contribution >= 0.6 is 27.3 Å². The van der Waals surface area contributed by atoms with Crippen LogP contribution < -0.4 is 5.32 Å². The Balaban J connectivity index is 2.47. The van der Waals surface area contributed by atoms with E-state index in [1.807, 2.05) is 0 Å². The molecule has 1 unspecified atom stereocenters. The van der Waals surface area contributed by atoms with Crippen molar-refractivity contribution in [3.63, 3.8) is 0 Å². The fraction of sp³-hybridized carbons (Fsp3) is 0.636. The van der Waals surface area contributed by atoms with E-state index >= 15 is 0 Å². The van der Waals surface area contributed by atoms with Crippen LogP contribution in [-0.2, 0) is 6.54 Å². The summed E-state index contributed by atoms with van der Waals surface area (Å²) in [5.41, 5.74) is 0.0468. The Bertz CT molecular complexity index is 303. The molecule has 86 valence electrons. The Labute approximate surface area is 104 Å². The van der Waals surface area contributed by atoms with Crippen molar-refractivity contribution in [2.45, 2.75) is 38.8 Å². The number of nitrogens with one attached hydrogen (secondary N) is 1. The maximum absolute atomic E-state index is 8.99. The van der Waals surface area contributed by atoms with E-state index in [4.69, 9.17) is 5.11 Å². The number of rotatable bonds is 6. The zero-order chi connectivity index (χ0) is 11.3. The zero-order valence-corrected chi connectivity index (χ0v) is 11.6. The SMILES string of the molecule is CCC(C)(CCO)NCc1cc(Br)cs1. The van der Waals surface area contributed by atoms with Gasteiger partial charge in [-0.15, -0.1) is 11.3 Å². The number of halogens is 1. The average Bonchev–Trinajstić information content (AvgIpc) is 2.62. The summed E-state index contributed by atoms with van der Waals surface area (Å²) in [7, 11) is 0. The van der Waals surface area contributed by atoms with Crippen molar-refractivity contribution in [3.8, 4) is 0 Å². The van der Waals surface area contributed by atoms with Crippen molar-refractivity contribution < 1.29 is 5.11 Å². The van der Waals surface area contributed by atoms with E-state index in [9.17, 15) is 0 Å². The fourth-order valence-corrected chi connectivity index (χ4v) is 2.77. The Morgan fingerprint density at radius 2 is 2.33 bits per heavy atom. The lowest BCUT2D eigenvalue weighted by molar-refractivity contribution is 0.215. The molecule has 4 heteroatoms. The van der Waals surface area contributed by atoms with Gasteiger partial charge in [0.05, 0.1) is 0 Å². The largest absolute Gasteiger partial charge is 0.396 e. The van der Waals surface area contributed by atoms with E-state index in [1.54, 1.807) is 11.3 Å². The molecule has 0 amide bonds. The lowest BCUT2D eigenvalue weighted by Gasteiger charge is -2.28. The van der Waals surface area contributed by atoms with Gasteiger partial charge in [-0.3, -0.25) is 0 Å². The Hall–Kier alpha value is 0.1000. The van der Waals surface area contributed by atoms with Gasteiger partial charge in [-0.25, -0.2) is 0 Å². The van der Waals surface area contributed by atoms with Crippen molar-refractivity contribution in [2.24, 2.45) is 0 Å². The lowest BCUT2D eigenvalue weighted by atomic mass is 9.95. The minimum absolute atomic E-state index is 0.0468. The molecule has 1 aromatic rings. The number of hydrogen-bond donors (Lipinski definition) is 2. The molecule has 0 fully saturated rings. The highest BCUT2D eigenvalue weighted by Crippen LogP contribution is 2.21. The first-order chi connectivity index (χ1) is 7.09. The van der Waals surface area contributed by atoms with Crippen LogP contribution in [0.2, 0.25) is 0 Å². The normalized spacial score (nSPS) is 15.2. The molecule has 0 aliphatic carbocycles. The Morgan fingerprint density at radius 3 is 2.80 bits per heavy atom. The summed E-state index contributed by atoms with van der Waals surface area (Å²) in [6.45, 7) is 5.42. The standard InChI is InChI=1S/C11H18BrNOS/c1-3-11(2,4-5-14)13-7-10-6-9(12)8-15-10/h6,8,13-14H,3-5,7H2,1-2H3. The quantitative estimate of drug-likeness (QED) is 0.844. The minimum atomic E-state index is 0.0468. The third kappa shape index (κ3) is 4.23. The van der Waals surface area contributed by atoms with Crippen LogP contribution in [0.5, 0.6) is 0 Å². The molecule has 0 spiro atoms. The van der Waals surface area contributed by atoms with Gasteiger partial charge in [0.1, 0.15) is 0 Å². The van der Waals surface area contributed by atoms with E-state index in [0.29, 0.717) is 0 Å². The minimum Gasteiger partial charge on any atom is -0.396 e. The third-order valence-electron chi connectivity index (χ3n) is 2.76. The highest BCUT2D eigenvalue weighted by Gasteiger charge is 2.20. The Kier molecular flexibility index (Phi) is 5.26. The van der Waals surface area contributed by atoms with Crippen LogP contribution in [-0.4, -0.2) is 17.3 Å². The molecule has 15 heavy (non-hydrogen) atoms. The van der Waals surface area contributed by atoms with Gasteiger partial charge in [0.2, 0.25) is 0 Å². The van der Waals surface area contributed by atoms with Crippen LogP contribution in [0.4, 0.5) is 0 Å². The third-order valence-corrected chi connectivity index (χ3v) is 4.45. The summed E-state index contributed by atoms with van der Waals surface area (Å²) in [5.74, 6) is 0. The predicted molar refractivity (Wildman–Crippen MR) is 69.3 cm³/mol. The number of thiophene rings is 1. The molecule has 0 radical (unpaired) electrons. The molecular formula is C11H18BrNOS. The van der Waals surface area contributed by atoms with Gasteiger partial charge in [-0.05, 0) is 41.8 Å². The van der Waals surface area contributed by atoms with E-state index < -0.39 is 0 Å². The van der Waals surface area contributed by atoms with Crippen LogP contribution in [0.3, 0.4) is 0 Å². The number of hydrogen-bond acceptors (Lipinski definition) is 3. The average molecular weight is 292 g/mol. The maximum Gasteiger partial charge on any atom is 0.0448 e. The summed E-state index contributed by atoms with van der Waals surface area (Å²) in [6.07, 6.45) is 1.83. The van der Waals surface area contributed by atoms with Gasteiger partial charge in [-0.2, -0.15) is 0 Å². The van der Waals surface area contributed by atoms with Crippen LogP contribution in [0.15, 0.2) is 15.9 Å². The van der Waals surface area contributed by atoms with Crippen LogP contribution in [0.25, 0.3) is 0 Å². The zero-order valence-electron chi connectivity index (χ0n) is 9.22. The molecule has 1 atom stereocenters. The molecule has 0 aromatic carbocycles. The van der Waals surface area contributed by atoms with Gasteiger partial charge in [0.15, 0.2) is 0 Å². The predicted octanol–water partition coefficient (Wildman–Crippen LogP) is 3.15. The van der Waals surface area contributed by atoms with Crippen LogP contribution in [0.1, 0.15) is 31.6 Å².